The van der Waals surface area contributed by atoms with Gasteiger partial charge < -0.3 is 9.13 Å². The predicted molar refractivity (Wildman–Crippen MR) is 262 cm³/mol. The summed E-state index contributed by atoms with van der Waals surface area (Å²) in [6, 6.07) is 44.5. The summed E-state index contributed by atoms with van der Waals surface area (Å²) < 4.78 is 142. The number of benzene rings is 9. The predicted octanol–water partition coefficient (Wildman–Crippen LogP) is 18.3. The molecule has 0 unspecified atom stereocenters. The normalized spacial score (nSPS) is 12.7. The molecule has 0 saturated heterocycles. The largest absolute Gasteiger partial charge is 0.419 e. The van der Waals surface area contributed by atoms with Crippen molar-refractivity contribution in [2.24, 2.45) is 0 Å². The smallest absolute Gasteiger partial charge is 0.308 e. The maximum absolute atomic E-state index is 17.1. The summed E-state index contributed by atoms with van der Waals surface area (Å²) >= 11 is 2.96. The molecular formula is C56H28F8N2S2. The summed E-state index contributed by atoms with van der Waals surface area (Å²) in [5, 5.41) is 4.96. The third-order valence-electron chi connectivity index (χ3n) is 13.1. The summed E-state index contributed by atoms with van der Waals surface area (Å²) in [7, 11) is 0. The van der Waals surface area contributed by atoms with Crippen molar-refractivity contribution >= 4 is 107 Å². The van der Waals surface area contributed by atoms with E-state index < -0.39 is 68.7 Å². The molecule has 330 valence electrons. The number of hydrogen-bond acceptors (Lipinski definition) is 2. The fraction of sp³-hybridized carbons (Fsp3) is 0.0357. The second-order valence-electron chi connectivity index (χ2n) is 16.7. The number of alkyl halides is 6. The minimum Gasteiger partial charge on any atom is -0.308 e. The highest BCUT2D eigenvalue weighted by atomic mass is 32.1. The summed E-state index contributed by atoms with van der Waals surface area (Å²) in [6.07, 6.45) is -11.2. The third-order valence-corrected chi connectivity index (χ3v) is 15.4. The van der Waals surface area contributed by atoms with Crippen LogP contribution in [0.15, 0.2) is 170 Å². The highest BCUT2D eigenvalue weighted by Gasteiger charge is 2.49. The molecule has 0 atom stereocenters. The van der Waals surface area contributed by atoms with Crippen LogP contribution in [0.2, 0.25) is 0 Å². The van der Waals surface area contributed by atoms with Gasteiger partial charge in [0.1, 0.15) is 11.6 Å². The SMILES string of the molecule is Fc1ccccc1-c1c(-n2c3ccccc3c3c4c(ccc32)sc2ccccc24)c(-c2ccccc2F)c(C(F)(F)F)c(-n2c3ccccc3c3c4c(ccc32)sc2ccccc24)c1C(F)(F)F. The quantitative estimate of drug-likeness (QED) is 0.156. The van der Waals surface area contributed by atoms with E-state index in [1.807, 2.05) is 48.5 Å². The molecule has 0 saturated carbocycles. The lowest BCUT2D eigenvalue weighted by atomic mass is 9.84. The Balaban J connectivity index is 1.35. The van der Waals surface area contributed by atoms with E-state index in [2.05, 4.69) is 0 Å². The van der Waals surface area contributed by atoms with Gasteiger partial charge in [-0.15, -0.1) is 22.7 Å². The van der Waals surface area contributed by atoms with Crippen LogP contribution in [0.5, 0.6) is 0 Å². The molecule has 9 aromatic carbocycles. The van der Waals surface area contributed by atoms with Crippen LogP contribution >= 0.6 is 22.7 Å². The minimum atomic E-state index is -5.60. The van der Waals surface area contributed by atoms with E-state index in [9.17, 15) is 0 Å². The molecule has 4 heterocycles. The van der Waals surface area contributed by atoms with Gasteiger partial charge in [0.2, 0.25) is 0 Å². The number of halogens is 8. The third kappa shape index (κ3) is 5.67. The minimum absolute atomic E-state index is 0.0385. The van der Waals surface area contributed by atoms with Crippen LogP contribution in [0.3, 0.4) is 0 Å². The Labute approximate surface area is 387 Å². The molecule has 0 spiro atoms. The molecule has 0 fully saturated rings. The molecule has 12 heteroatoms. The van der Waals surface area contributed by atoms with Crippen LogP contribution in [0.4, 0.5) is 35.1 Å². The zero-order valence-corrected chi connectivity index (χ0v) is 36.5. The van der Waals surface area contributed by atoms with Crippen LogP contribution in [0.1, 0.15) is 11.1 Å². The van der Waals surface area contributed by atoms with E-state index in [0.717, 1.165) is 63.8 Å². The van der Waals surface area contributed by atoms with Gasteiger partial charge in [-0.05, 0) is 60.7 Å². The Morgan fingerprint density at radius 2 is 0.691 bits per heavy atom. The molecule has 0 N–H and O–H groups in total. The monoisotopic (exact) mass is 944 g/mol. The van der Waals surface area contributed by atoms with Crippen molar-refractivity contribution in [3.63, 3.8) is 0 Å². The highest BCUT2D eigenvalue weighted by Crippen LogP contribution is 2.58. The molecule has 68 heavy (non-hydrogen) atoms. The van der Waals surface area contributed by atoms with E-state index in [1.54, 1.807) is 60.7 Å². The maximum atomic E-state index is 17.1. The van der Waals surface area contributed by atoms with Gasteiger partial charge in [-0.3, -0.25) is 0 Å². The van der Waals surface area contributed by atoms with Crippen LogP contribution < -0.4 is 0 Å². The second-order valence-corrected chi connectivity index (χ2v) is 18.9. The number of thiophene rings is 2. The lowest BCUT2D eigenvalue weighted by Gasteiger charge is -2.31. The van der Waals surface area contributed by atoms with Crippen LogP contribution in [0, 0.1) is 11.6 Å². The van der Waals surface area contributed by atoms with Crippen molar-refractivity contribution in [3.8, 4) is 33.6 Å². The van der Waals surface area contributed by atoms with Gasteiger partial charge in [0.05, 0.1) is 44.6 Å². The van der Waals surface area contributed by atoms with Crippen LogP contribution in [-0.2, 0) is 12.4 Å². The molecule has 13 rings (SSSR count). The standard InChI is InChI=1S/C56H28F8N2S2/c57-35-19-7-1-13-29(35)49-51(55(59,60)61)54(66-38-22-10-4-16-32(38)46-40(66)26-28-44-48(46)34-18-6-12-24-42(34)68-44)52(56(62,63)64)50(30-14-2-8-20-36(30)58)53(49)65-37-21-9-3-15-31(37)45-39(65)25-27-43-47(45)33-17-5-11-23-41(33)67-43/h1-28H. The van der Waals surface area contributed by atoms with Crippen molar-refractivity contribution in [2.45, 2.75) is 12.4 Å². The molecule has 0 aliphatic heterocycles. The zero-order chi connectivity index (χ0) is 46.4. The first-order valence-corrected chi connectivity index (χ1v) is 23.1. The van der Waals surface area contributed by atoms with Gasteiger partial charge in [-0.1, -0.05) is 109 Å². The number of para-hydroxylation sites is 2. The Kier molecular flexibility index (Phi) is 8.67. The Morgan fingerprint density at radius 1 is 0.324 bits per heavy atom. The highest BCUT2D eigenvalue weighted by molar-refractivity contribution is 7.26. The first-order valence-electron chi connectivity index (χ1n) is 21.5. The van der Waals surface area contributed by atoms with Gasteiger partial charge in [0.25, 0.3) is 0 Å². The average Bonchev–Trinajstić information content (AvgIpc) is 4.08. The van der Waals surface area contributed by atoms with E-state index in [-0.39, 0.29) is 22.1 Å². The molecule has 0 aliphatic carbocycles. The number of nitrogens with zero attached hydrogens (tertiary/aromatic N) is 2. The Morgan fingerprint density at radius 3 is 1.12 bits per heavy atom. The maximum Gasteiger partial charge on any atom is 0.419 e. The molecule has 0 bridgehead atoms. The van der Waals surface area contributed by atoms with E-state index in [0.29, 0.717) is 26.9 Å². The van der Waals surface area contributed by atoms with Gasteiger partial charge in [0.15, 0.2) is 0 Å². The molecule has 0 radical (unpaired) electrons. The number of aromatic nitrogens is 2. The van der Waals surface area contributed by atoms with Gasteiger partial charge in [0, 0.05) is 84.1 Å². The fourth-order valence-corrected chi connectivity index (χ4v) is 12.8. The van der Waals surface area contributed by atoms with Gasteiger partial charge in [-0.25, -0.2) is 8.78 Å². The van der Waals surface area contributed by atoms with Gasteiger partial charge in [-0.2, -0.15) is 26.3 Å². The van der Waals surface area contributed by atoms with Crippen LogP contribution in [0.25, 0.3) is 118 Å². The van der Waals surface area contributed by atoms with Crippen molar-refractivity contribution in [1.29, 1.82) is 0 Å². The van der Waals surface area contributed by atoms with Crippen molar-refractivity contribution in [1.82, 2.24) is 9.13 Å². The summed E-state index contributed by atoms with van der Waals surface area (Å²) in [5.41, 5.74) is -7.91. The van der Waals surface area contributed by atoms with E-state index in [4.69, 9.17) is 0 Å². The van der Waals surface area contributed by atoms with E-state index >= 15 is 35.1 Å². The lowest BCUT2D eigenvalue weighted by Crippen LogP contribution is -2.23. The molecule has 13 aromatic rings. The molecular weight excluding hydrogens is 917 g/mol. The fourth-order valence-electron chi connectivity index (χ4n) is 10.6. The van der Waals surface area contributed by atoms with Crippen molar-refractivity contribution in [3.05, 3.63) is 193 Å². The average molecular weight is 945 g/mol. The zero-order valence-electron chi connectivity index (χ0n) is 34.9. The lowest BCUT2D eigenvalue weighted by molar-refractivity contribution is -0.142. The second kappa shape index (κ2) is 14.5. The molecule has 4 aromatic heterocycles. The van der Waals surface area contributed by atoms with Crippen molar-refractivity contribution < 1.29 is 35.1 Å². The molecule has 0 amide bonds. The van der Waals surface area contributed by atoms with Crippen molar-refractivity contribution in [2.75, 3.05) is 0 Å². The number of fused-ring (bicyclic) bond motifs is 14. The first-order chi connectivity index (χ1) is 32.9. The molecule has 0 aliphatic rings. The first kappa shape index (κ1) is 40.7. The van der Waals surface area contributed by atoms with E-state index in [1.165, 1.54) is 63.6 Å². The Bertz CT molecular complexity index is 4200. The van der Waals surface area contributed by atoms with Crippen LogP contribution in [-0.4, -0.2) is 9.13 Å². The summed E-state index contributed by atoms with van der Waals surface area (Å²) in [5.74, 6) is -2.24. The number of rotatable bonds is 4. The van der Waals surface area contributed by atoms with Gasteiger partial charge >= 0.3 is 12.4 Å². The molecule has 2 nitrogen and oxygen atoms in total. The number of hydrogen-bond donors (Lipinski definition) is 0. The summed E-state index contributed by atoms with van der Waals surface area (Å²) in [6.45, 7) is 0. The Hall–Kier alpha value is -7.54. The topological polar surface area (TPSA) is 9.86 Å². The summed E-state index contributed by atoms with van der Waals surface area (Å²) in [4.78, 5) is 0.